The highest BCUT2D eigenvalue weighted by Crippen LogP contribution is 2.56. The second-order valence-corrected chi connectivity index (χ2v) is 9.11. The minimum Gasteiger partial charge on any atom is -0.459 e. The van der Waals surface area contributed by atoms with Gasteiger partial charge in [-0.2, -0.15) is 0 Å². The second-order valence-electron chi connectivity index (χ2n) is 8.67. The number of carbonyl (C=O) groups is 1. The first-order valence-electron chi connectivity index (χ1n) is 10.4. The zero-order valence-electron chi connectivity index (χ0n) is 16.2. The van der Waals surface area contributed by atoms with Gasteiger partial charge in [-0.25, -0.2) is 0 Å². The zero-order valence-corrected chi connectivity index (χ0v) is 16.9. The molecule has 3 saturated heterocycles. The molecule has 3 aliphatic rings. The predicted molar refractivity (Wildman–Crippen MR) is 113 cm³/mol. The van der Waals surface area contributed by atoms with Crippen LogP contribution in [0.15, 0.2) is 59.0 Å². The molecule has 1 aromatic heterocycles. The third kappa shape index (κ3) is 2.52. The van der Waals surface area contributed by atoms with E-state index in [2.05, 4.69) is 23.1 Å². The lowest BCUT2D eigenvalue weighted by atomic mass is 9.85. The van der Waals surface area contributed by atoms with E-state index in [1.165, 1.54) is 0 Å². The summed E-state index contributed by atoms with van der Waals surface area (Å²) in [7, 11) is 0. The number of nitrogens with zero attached hydrogens (tertiary/aromatic N) is 2. The molecule has 0 N–H and O–H groups in total. The van der Waals surface area contributed by atoms with Gasteiger partial charge in [-0.05, 0) is 49.1 Å². The van der Waals surface area contributed by atoms with Crippen molar-refractivity contribution in [2.45, 2.75) is 37.4 Å². The second kappa shape index (κ2) is 6.35. The maximum atomic E-state index is 13.6. The fraction of sp³-hybridized carbons (Fsp3) is 0.375. The Morgan fingerprint density at radius 1 is 1.14 bits per heavy atom. The lowest BCUT2D eigenvalue weighted by Gasteiger charge is -2.32. The van der Waals surface area contributed by atoms with Crippen molar-refractivity contribution in [3.63, 3.8) is 0 Å². The number of hydrogen-bond donors (Lipinski definition) is 0. The Labute approximate surface area is 175 Å². The van der Waals surface area contributed by atoms with Gasteiger partial charge in [0.15, 0.2) is 0 Å². The minimum absolute atomic E-state index is 0.201. The molecule has 6 rings (SSSR count). The van der Waals surface area contributed by atoms with Gasteiger partial charge in [-0.15, -0.1) is 0 Å². The first kappa shape index (κ1) is 17.5. The molecule has 3 atom stereocenters. The highest BCUT2D eigenvalue weighted by atomic mass is 35.5. The van der Waals surface area contributed by atoms with Crippen LogP contribution < -0.4 is 0 Å². The summed E-state index contributed by atoms with van der Waals surface area (Å²) in [6.45, 7) is 2.42. The molecule has 1 amide bonds. The molecular weight excluding hydrogens is 384 g/mol. The van der Waals surface area contributed by atoms with Gasteiger partial charge in [0.1, 0.15) is 16.9 Å². The molecule has 4 nitrogen and oxygen atoms in total. The number of carbonyl (C=O) groups excluding carboxylic acids is 1. The fourth-order valence-electron chi connectivity index (χ4n) is 6.01. The molecule has 148 valence electrons. The van der Waals surface area contributed by atoms with Crippen LogP contribution in [-0.2, 0) is 11.3 Å². The summed E-state index contributed by atoms with van der Waals surface area (Å²) in [6, 6.07) is 18.4. The Balaban J connectivity index is 1.31. The van der Waals surface area contributed by atoms with E-state index in [1.54, 1.807) is 0 Å². The van der Waals surface area contributed by atoms with Gasteiger partial charge in [-0.3, -0.25) is 9.69 Å². The van der Waals surface area contributed by atoms with Gasteiger partial charge in [0.2, 0.25) is 5.91 Å². The Hall–Kier alpha value is -2.30. The summed E-state index contributed by atoms with van der Waals surface area (Å²) in [5.74, 6) is 1.66. The molecule has 3 aliphatic heterocycles. The maximum Gasteiger partial charge on any atom is 0.243 e. The predicted octanol–water partition coefficient (Wildman–Crippen LogP) is 5.02. The van der Waals surface area contributed by atoms with E-state index < -0.39 is 0 Å². The SMILES string of the molecule is O=C1N(Cc2cccc(Cl)c2)C[C@@H]2C[C@@H](c3cc4ccccc4o3)N3CCC[C@@]123. The van der Waals surface area contributed by atoms with Crippen molar-refractivity contribution in [2.75, 3.05) is 13.1 Å². The fourth-order valence-corrected chi connectivity index (χ4v) is 6.22. The van der Waals surface area contributed by atoms with E-state index in [0.717, 1.165) is 59.7 Å². The third-order valence-electron chi connectivity index (χ3n) is 7.16. The number of halogens is 1. The molecule has 0 saturated carbocycles. The summed E-state index contributed by atoms with van der Waals surface area (Å²) in [5, 5.41) is 1.86. The van der Waals surface area contributed by atoms with E-state index in [1.807, 2.05) is 41.3 Å². The molecule has 3 aromatic rings. The summed E-state index contributed by atoms with van der Waals surface area (Å²) in [6.07, 6.45) is 3.01. The molecule has 3 fully saturated rings. The highest BCUT2D eigenvalue weighted by Gasteiger charge is 2.65. The largest absolute Gasteiger partial charge is 0.459 e. The normalized spacial score (nSPS) is 29.0. The van der Waals surface area contributed by atoms with Crippen molar-refractivity contribution < 1.29 is 9.21 Å². The zero-order chi connectivity index (χ0) is 19.6. The molecule has 0 radical (unpaired) electrons. The van der Waals surface area contributed by atoms with Crippen LogP contribution in [0.3, 0.4) is 0 Å². The molecule has 29 heavy (non-hydrogen) atoms. The average molecular weight is 407 g/mol. The van der Waals surface area contributed by atoms with E-state index >= 15 is 0 Å². The molecule has 5 heteroatoms. The Bertz CT molecular complexity index is 1080. The number of para-hydroxylation sites is 1. The number of hydrogen-bond acceptors (Lipinski definition) is 3. The molecule has 0 aliphatic carbocycles. The van der Waals surface area contributed by atoms with Gasteiger partial charge in [0, 0.05) is 36.0 Å². The number of fused-ring (bicyclic) bond motifs is 1. The van der Waals surface area contributed by atoms with Crippen LogP contribution in [0.5, 0.6) is 0 Å². The third-order valence-corrected chi connectivity index (χ3v) is 7.40. The molecule has 4 heterocycles. The van der Waals surface area contributed by atoms with Crippen LogP contribution in [0.2, 0.25) is 5.02 Å². The monoisotopic (exact) mass is 406 g/mol. The standard InChI is InChI=1S/C24H23ClN2O2/c25-19-7-3-5-16(11-19)14-26-15-18-13-20(27-10-4-9-24(18,27)23(26)28)22-12-17-6-1-2-8-21(17)29-22/h1-3,5-8,11-12,18,20H,4,9-10,13-15H2/t18-,20-,24-/m0/s1. The molecule has 0 bridgehead atoms. The smallest absolute Gasteiger partial charge is 0.243 e. The van der Waals surface area contributed by atoms with Crippen LogP contribution in [0.4, 0.5) is 0 Å². The quantitative estimate of drug-likeness (QED) is 0.612. The van der Waals surface area contributed by atoms with Crippen LogP contribution in [0.25, 0.3) is 11.0 Å². The Kier molecular flexibility index (Phi) is 3.84. The van der Waals surface area contributed by atoms with Gasteiger partial charge < -0.3 is 9.32 Å². The number of amides is 1. The van der Waals surface area contributed by atoms with E-state index in [4.69, 9.17) is 16.0 Å². The van der Waals surface area contributed by atoms with Gasteiger partial charge in [0.25, 0.3) is 0 Å². The van der Waals surface area contributed by atoms with Crippen molar-refractivity contribution >= 4 is 28.5 Å². The summed E-state index contributed by atoms with van der Waals surface area (Å²) in [4.78, 5) is 18.1. The van der Waals surface area contributed by atoms with Gasteiger partial charge in [0.05, 0.1) is 6.04 Å². The maximum absolute atomic E-state index is 13.6. The number of likely N-dealkylation sites (tertiary alicyclic amines) is 1. The minimum atomic E-state index is -0.345. The summed E-state index contributed by atoms with van der Waals surface area (Å²) >= 11 is 6.15. The Morgan fingerprint density at radius 2 is 2.03 bits per heavy atom. The van der Waals surface area contributed by atoms with Crippen LogP contribution in [0, 0.1) is 5.92 Å². The lowest BCUT2D eigenvalue weighted by Crippen LogP contribution is -2.49. The molecule has 0 unspecified atom stereocenters. The molecule has 1 spiro atoms. The van der Waals surface area contributed by atoms with E-state index in [9.17, 15) is 4.79 Å². The van der Waals surface area contributed by atoms with Crippen molar-refractivity contribution in [3.8, 4) is 0 Å². The first-order chi connectivity index (χ1) is 14.1. The summed E-state index contributed by atoms with van der Waals surface area (Å²) in [5.41, 5.74) is 1.68. The van der Waals surface area contributed by atoms with Crippen LogP contribution in [0.1, 0.15) is 36.6 Å². The number of rotatable bonds is 3. The molecular formula is C24H23ClN2O2. The Morgan fingerprint density at radius 3 is 2.90 bits per heavy atom. The molecule has 2 aromatic carbocycles. The van der Waals surface area contributed by atoms with E-state index in [-0.39, 0.29) is 11.6 Å². The number of benzene rings is 2. The summed E-state index contributed by atoms with van der Waals surface area (Å²) < 4.78 is 6.21. The number of furan rings is 1. The first-order valence-corrected chi connectivity index (χ1v) is 10.8. The lowest BCUT2D eigenvalue weighted by molar-refractivity contribution is -0.137. The van der Waals surface area contributed by atoms with Crippen LogP contribution in [-0.4, -0.2) is 34.3 Å². The van der Waals surface area contributed by atoms with Crippen molar-refractivity contribution in [3.05, 3.63) is 70.9 Å². The average Bonchev–Trinajstić information content (AvgIpc) is 3.44. The van der Waals surface area contributed by atoms with Crippen molar-refractivity contribution in [1.82, 2.24) is 9.80 Å². The highest BCUT2D eigenvalue weighted by molar-refractivity contribution is 6.30. The van der Waals surface area contributed by atoms with Gasteiger partial charge >= 0.3 is 0 Å². The van der Waals surface area contributed by atoms with E-state index in [0.29, 0.717) is 18.4 Å². The van der Waals surface area contributed by atoms with Gasteiger partial charge in [-0.1, -0.05) is 41.9 Å². The van der Waals surface area contributed by atoms with Crippen molar-refractivity contribution in [2.24, 2.45) is 5.92 Å². The topological polar surface area (TPSA) is 36.7 Å². The van der Waals surface area contributed by atoms with Crippen molar-refractivity contribution in [1.29, 1.82) is 0 Å². The van der Waals surface area contributed by atoms with Crippen LogP contribution >= 0.6 is 11.6 Å².